The molecule has 0 aliphatic rings. The predicted molar refractivity (Wildman–Crippen MR) is 108 cm³/mol. The second kappa shape index (κ2) is 12.3. The van der Waals surface area contributed by atoms with Gasteiger partial charge in [-0.05, 0) is 35.7 Å². The predicted octanol–water partition coefficient (Wildman–Crippen LogP) is 5.65. The number of ether oxygens (including phenoxy) is 2. The smallest absolute Gasteiger partial charge is 0.311 e. The van der Waals surface area contributed by atoms with Crippen LogP contribution < -0.4 is 4.74 Å². The van der Waals surface area contributed by atoms with Crippen molar-refractivity contribution < 1.29 is 19.1 Å². The van der Waals surface area contributed by atoms with Gasteiger partial charge in [-0.2, -0.15) is 0 Å². The molecule has 2 aromatic rings. The van der Waals surface area contributed by atoms with Gasteiger partial charge in [-0.3, -0.25) is 9.59 Å². The molecule has 0 saturated heterocycles. The number of fused-ring (bicyclic) bond motifs is 1. The third-order valence-corrected chi connectivity index (χ3v) is 4.54. The quantitative estimate of drug-likeness (QED) is 0.203. The molecule has 0 heterocycles. The van der Waals surface area contributed by atoms with Gasteiger partial charge in [-0.1, -0.05) is 56.0 Å². The fraction of sp³-hybridized carbons (Fsp3) is 0.455. The molecule has 2 aromatic carbocycles. The van der Waals surface area contributed by atoms with Gasteiger partial charge in [0.05, 0.1) is 19.4 Å². The Labute approximate surface area is 165 Å². The summed E-state index contributed by atoms with van der Waals surface area (Å²) in [6.07, 6.45) is 6.47. The highest BCUT2D eigenvalue weighted by Crippen LogP contribution is 2.21. The first kappa shape index (κ1) is 21.2. The first-order valence-electron chi connectivity index (χ1n) is 9.60. The lowest BCUT2D eigenvalue weighted by Gasteiger charge is -2.07. The number of unbranched alkanes of at least 4 members (excludes halogenated alkanes) is 5. The summed E-state index contributed by atoms with van der Waals surface area (Å²) in [5, 5.41) is 2.09. The number of halogens is 1. The van der Waals surface area contributed by atoms with Crippen molar-refractivity contribution in [3.8, 4) is 5.75 Å². The average molecular weight is 391 g/mol. The molecule has 0 saturated carbocycles. The SMILES string of the molecule is O=C(CCC(=O)Oc1ccc2ccccc2c1)OCCCCCCCCCl. The molecule has 27 heavy (non-hydrogen) atoms. The summed E-state index contributed by atoms with van der Waals surface area (Å²) in [5.41, 5.74) is 0. The summed E-state index contributed by atoms with van der Waals surface area (Å²) >= 11 is 5.63. The van der Waals surface area contributed by atoms with Gasteiger partial charge < -0.3 is 9.47 Å². The molecule has 0 aromatic heterocycles. The largest absolute Gasteiger partial charge is 0.466 e. The maximum Gasteiger partial charge on any atom is 0.311 e. The Morgan fingerprint density at radius 1 is 0.778 bits per heavy atom. The van der Waals surface area contributed by atoms with Gasteiger partial charge in [0, 0.05) is 5.88 Å². The summed E-state index contributed by atoms with van der Waals surface area (Å²) in [6, 6.07) is 13.3. The van der Waals surface area contributed by atoms with Crippen LogP contribution in [0.15, 0.2) is 42.5 Å². The van der Waals surface area contributed by atoms with Crippen molar-refractivity contribution in [3.63, 3.8) is 0 Å². The fourth-order valence-electron chi connectivity index (χ4n) is 2.78. The minimum atomic E-state index is -0.429. The van der Waals surface area contributed by atoms with Crippen LogP contribution in [0.2, 0.25) is 0 Å². The van der Waals surface area contributed by atoms with Crippen LogP contribution in [0.25, 0.3) is 10.8 Å². The van der Waals surface area contributed by atoms with Gasteiger partial charge >= 0.3 is 11.9 Å². The molecule has 0 spiro atoms. The monoisotopic (exact) mass is 390 g/mol. The Bertz CT molecular complexity index is 729. The molecule has 0 unspecified atom stereocenters. The van der Waals surface area contributed by atoms with Crippen molar-refractivity contribution in [1.82, 2.24) is 0 Å². The number of carbonyl (C=O) groups excluding carboxylic acids is 2. The van der Waals surface area contributed by atoms with Crippen molar-refractivity contribution in [2.75, 3.05) is 12.5 Å². The minimum Gasteiger partial charge on any atom is -0.466 e. The van der Waals surface area contributed by atoms with E-state index in [1.165, 1.54) is 6.42 Å². The van der Waals surface area contributed by atoms with Gasteiger partial charge in [0.25, 0.3) is 0 Å². The van der Waals surface area contributed by atoms with Crippen LogP contribution in [0, 0.1) is 0 Å². The molecule has 0 aliphatic heterocycles. The first-order valence-corrected chi connectivity index (χ1v) is 10.1. The highest BCUT2D eigenvalue weighted by atomic mass is 35.5. The van der Waals surface area contributed by atoms with E-state index in [2.05, 4.69) is 0 Å². The molecule has 0 atom stereocenters. The molecule has 0 bridgehead atoms. The van der Waals surface area contributed by atoms with Gasteiger partial charge in [-0.25, -0.2) is 0 Å². The fourth-order valence-corrected chi connectivity index (χ4v) is 2.97. The zero-order valence-electron chi connectivity index (χ0n) is 15.6. The van der Waals surface area contributed by atoms with Crippen molar-refractivity contribution in [1.29, 1.82) is 0 Å². The third-order valence-electron chi connectivity index (χ3n) is 4.28. The summed E-state index contributed by atoms with van der Waals surface area (Å²) in [4.78, 5) is 23.6. The van der Waals surface area contributed by atoms with Crippen LogP contribution in [-0.2, 0) is 14.3 Å². The molecule has 0 N–H and O–H groups in total. The third kappa shape index (κ3) is 8.44. The molecule has 2 rings (SSSR count). The second-order valence-corrected chi connectivity index (χ2v) is 6.89. The first-order chi connectivity index (χ1) is 13.2. The van der Waals surface area contributed by atoms with Crippen molar-refractivity contribution >= 4 is 34.3 Å². The van der Waals surface area contributed by atoms with E-state index in [0.717, 1.165) is 48.8 Å². The summed E-state index contributed by atoms with van der Waals surface area (Å²) in [5.74, 6) is 0.427. The van der Waals surface area contributed by atoms with E-state index < -0.39 is 5.97 Å². The zero-order valence-corrected chi connectivity index (χ0v) is 16.4. The molecule has 0 aliphatic carbocycles. The van der Waals surface area contributed by atoms with E-state index in [0.29, 0.717) is 12.4 Å². The number of benzene rings is 2. The number of esters is 2. The molecule has 0 amide bonds. The van der Waals surface area contributed by atoms with Crippen molar-refractivity contribution in [2.45, 2.75) is 51.4 Å². The summed E-state index contributed by atoms with van der Waals surface area (Å²) in [6.45, 7) is 0.411. The molecular weight excluding hydrogens is 364 g/mol. The van der Waals surface area contributed by atoms with E-state index in [1.807, 2.05) is 36.4 Å². The van der Waals surface area contributed by atoms with Crippen LogP contribution in [0.4, 0.5) is 0 Å². The normalized spacial score (nSPS) is 10.7. The van der Waals surface area contributed by atoms with E-state index in [1.54, 1.807) is 6.07 Å². The number of carbonyl (C=O) groups is 2. The Hall–Kier alpha value is -2.07. The van der Waals surface area contributed by atoms with Gasteiger partial charge in [0.2, 0.25) is 0 Å². The molecule has 146 valence electrons. The lowest BCUT2D eigenvalue weighted by Crippen LogP contribution is -2.12. The van der Waals surface area contributed by atoms with Crippen LogP contribution in [0.1, 0.15) is 51.4 Å². The molecule has 4 nitrogen and oxygen atoms in total. The average Bonchev–Trinajstić information content (AvgIpc) is 2.68. The maximum absolute atomic E-state index is 11.9. The lowest BCUT2D eigenvalue weighted by atomic mass is 10.1. The zero-order chi connectivity index (χ0) is 19.3. The highest BCUT2D eigenvalue weighted by Gasteiger charge is 2.10. The second-order valence-electron chi connectivity index (χ2n) is 6.51. The lowest BCUT2D eigenvalue weighted by molar-refractivity contribution is -0.147. The van der Waals surface area contributed by atoms with Crippen LogP contribution in [-0.4, -0.2) is 24.4 Å². The van der Waals surface area contributed by atoms with Crippen LogP contribution in [0.3, 0.4) is 0 Å². The van der Waals surface area contributed by atoms with Gasteiger partial charge in [0.1, 0.15) is 5.75 Å². The Morgan fingerprint density at radius 2 is 1.44 bits per heavy atom. The number of rotatable bonds is 12. The van der Waals surface area contributed by atoms with Crippen molar-refractivity contribution in [3.05, 3.63) is 42.5 Å². The molecular formula is C22H27ClO4. The number of hydrogen-bond acceptors (Lipinski definition) is 4. The van der Waals surface area contributed by atoms with Crippen molar-refractivity contribution in [2.24, 2.45) is 0 Å². The van der Waals surface area contributed by atoms with E-state index in [9.17, 15) is 9.59 Å². The standard InChI is InChI=1S/C22H27ClO4/c23-15-7-3-1-2-4-8-16-26-21(24)13-14-22(25)27-20-12-11-18-9-5-6-10-19(18)17-20/h5-6,9-12,17H,1-4,7-8,13-16H2. The van der Waals surface area contributed by atoms with E-state index in [4.69, 9.17) is 21.1 Å². The highest BCUT2D eigenvalue weighted by molar-refractivity contribution is 6.17. The molecule has 0 fully saturated rings. The van der Waals surface area contributed by atoms with E-state index >= 15 is 0 Å². The Balaban J connectivity index is 1.58. The number of alkyl halides is 1. The molecule has 0 radical (unpaired) electrons. The Morgan fingerprint density at radius 3 is 2.22 bits per heavy atom. The minimum absolute atomic E-state index is 0.0179. The maximum atomic E-state index is 11.9. The number of hydrogen-bond donors (Lipinski definition) is 0. The van der Waals surface area contributed by atoms with Gasteiger partial charge in [0.15, 0.2) is 0 Å². The summed E-state index contributed by atoms with van der Waals surface area (Å²) < 4.78 is 10.5. The van der Waals surface area contributed by atoms with E-state index in [-0.39, 0.29) is 18.8 Å². The van der Waals surface area contributed by atoms with Crippen LogP contribution >= 0.6 is 11.6 Å². The van der Waals surface area contributed by atoms with Crippen LogP contribution in [0.5, 0.6) is 5.75 Å². The topological polar surface area (TPSA) is 52.6 Å². The summed E-state index contributed by atoms with van der Waals surface area (Å²) in [7, 11) is 0. The Kier molecular flexibility index (Phi) is 9.70. The molecule has 5 heteroatoms. The van der Waals surface area contributed by atoms with Gasteiger partial charge in [-0.15, -0.1) is 11.6 Å².